The predicted molar refractivity (Wildman–Crippen MR) is 60.6 cm³/mol. The van der Waals surface area contributed by atoms with E-state index in [1.54, 1.807) is 0 Å². The van der Waals surface area contributed by atoms with Crippen molar-refractivity contribution in [2.24, 2.45) is 5.10 Å². The lowest BCUT2D eigenvalue weighted by Gasteiger charge is -1.92. The Morgan fingerprint density at radius 2 is 1.67 bits per heavy atom. The molecule has 4 nitrogen and oxygen atoms in total. The van der Waals surface area contributed by atoms with Gasteiger partial charge in [-0.05, 0) is 6.92 Å². The molecule has 0 bridgehead atoms. The molecule has 0 fully saturated rings. The average molecular weight is 229 g/mol. The van der Waals surface area contributed by atoms with Crippen LogP contribution in [0.3, 0.4) is 0 Å². The highest BCUT2D eigenvalue weighted by Crippen LogP contribution is 1.80. The van der Waals surface area contributed by atoms with E-state index in [-0.39, 0.29) is 5.17 Å². The molecule has 0 radical (unpaired) electrons. The highest BCUT2D eigenvalue weighted by Gasteiger charge is 1.92. The van der Waals surface area contributed by atoms with Crippen LogP contribution >= 0.6 is 11.6 Å². The average Bonchev–Trinajstić information content (AvgIpc) is 2.29. The number of carbonyl (C=O) groups is 1. The summed E-state index contributed by atoms with van der Waals surface area (Å²) in [4.78, 5) is 10.2. The van der Waals surface area contributed by atoms with Crippen LogP contribution < -0.4 is 5.43 Å². The van der Waals surface area contributed by atoms with E-state index in [9.17, 15) is 4.79 Å². The second-order valence-corrected chi connectivity index (χ2v) is 3.00. The van der Waals surface area contributed by atoms with Crippen LogP contribution in [0.5, 0.6) is 0 Å². The van der Waals surface area contributed by atoms with Crippen molar-refractivity contribution in [3.05, 3.63) is 36.4 Å². The molecule has 0 spiro atoms. The minimum Gasteiger partial charge on any atom is -0.386 e. The number of hydrogen-bond acceptors (Lipinski definition) is 3. The lowest BCUT2D eigenvalue weighted by Crippen LogP contribution is -2.21. The molecule has 0 aliphatic carbocycles. The number of hydrazone groups is 1. The summed E-state index contributed by atoms with van der Waals surface area (Å²) in [6, 6.07) is 12.0. The Morgan fingerprint density at radius 1 is 1.27 bits per heavy atom. The van der Waals surface area contributed by atoms with Gasteiger partial charge >= 0.3 is 0 Å². The first kappa shape index (κ1) is 13.6. The predicted octanol–water partition coefficient (Wildman–Crippen LogP) is 1.35. The molecule has 1 rings (SSSR count). The van der Waals surface area contributed by atoms with E-state index >= 15 is 0 Å². The van der Waals surface area contributed by atoms with E-state index in [1.165, 1.54) is 6.92 Å². The maximum Gasteiger partial charge on any atom is 0.265 e. The van der Waals surface area contributed by atoms with Crippen molar-refractivity contribution in [2.75, 3.05) is 6.61 Å². The van der Waals surface area contributed by atoms with Crippen LogP contribution in [0.1, 0.15) is 6.92 Å². The van der Waals surface area contributed by atoms with Gasteiger partial charge in [-0.2, -0.15) is 5.10 Å². The van der Waals surface area contributed by atoms with Crippen LogP contribution in [0.15, 0.2) is 41.5 Å². The van der Waals surface area contributed by atoms with E-state index in [0.29, 0.717) is 0 Å². The molecule has 1 aromatic carbocycles. The Labute approximate surface area is 93.6 Å². The van der Waals surface area contributed by atoms with Crippen molar-refractivity contribution in [1.29, 1.82) is 0 Å². The van der Waals surface area contributed by atoms with Gasteiger partial charge in [-0.15, -0.1) is 0 Å². The summed E-state index contributed by atoms with van der Waals surface area (Å²) in [6.07, 6.45) is 0. The summed E-state index contributed by atoms with van der Waals surface area (Å²) in [7, 11) is 0. The van der Waals surface area contributed by atoms with Crippen LogP contribution in [-0.4, -0.2) is 22.8 Å². The van der Waals surface area contributed by atoms with E-state index < -0.39 is 12.5 Å². The molecule has 0 atom stereocenters. The number of nitrogens with zero attached hydrogens (tertiary/aromatic N) is 1. The van der Waals surface area contributed by atoms with Gasteiger partial charge in [-0.1, -0.05) is 48.0 Å². The number of rotatable bonds is 2. The topological polar surface area (TPSA) is 61.7 Å². The Bertz CT molecular complexity index is 271. The highest BCUT2D eigenvalue weighted by atomic mass is 35.5. The van der Waals surface area contributed by atoms with Crippen molar-refractivity contribution in [1.82, 2.24) is 5.43 Å². The molecular weight excluding hydrogens is 216 g/mol. The van der Waals surface area contributed by atoms with Gasteiger partial charge in [0.1, 0.15) is 11.8 Å². The first-order chi connectivity index (χ1) is 7.16. The van der Waals surface area contributed by atoms with Gasteiger partial charge in [0.15, 0.2) is 0 Å². The molecule has 0 heterocycles. The van der Waals surface area contributed by atoms with Gasteiger partial charge in [-0.3, -0.25) is 4.79 Å². The Morgan fingerprint density at radius 3 is 1.93 bits per heavy atom. The van der Waals surface area contributed by atoms with Crippen LogP contribution in [0.4, 0.5) is 0 Å². The third kappa shape index (κ3) is 10.5. The van der Waals surface area contributed by atoms with Crippen molar-refractivity contribution < 1.29 is 9.90 Å². The molecule has 0 saturated heterocycles. The quantitative estimate of drug-likeness (QED) is 0.593. The standard InChI is InChI=1S/C6H6.C4H7ClN2O2/c1-2-4-6-5-3-1;1-3(5)6-7-4(9)2-8/h1-6H;8H,2H2,1H3,(H,7,9). The molecule has 0 aromatic heterocycles. The zero-order chi connectivity index (χ0) is 11.5. The van der Waals surface area contributed by atoms with Gasteiger partial charge in [0.25, 0.3) is 5.91 Å². The number of aliphatic hydroxyl groups is 1. The third-order valence-electron chi connectivity index (χ3n) is 1.14. The molecule has 5 heteroatoms. The number of hydrogen-bond donors (Lipinski definition) is 2. The lowest BCUT2D eigenvalue weighted by molar-refractivity contribution is -0.123. The molecule has 0 aliphatic heterocycles. The Hall–Kier alpha value is -1.39. The second-order valence-electron chi connectivity index (χ2n) is 2.46. The molecule has 1 aromatic rings. The van der Waals surface area contributed by atoms with Gasteiger partial charge in [0, 0.05) is 0 Å². The summed E-state index contributed by atoms with van der Waals surface area (Å²) in [5.74, 6) is -0.574. The summed E-state index contributed by atoms with van der Waals surface area (Å²) >= 11 is 5.23. The first-order valence-corrected chi connectivity index (χ1v) is 4.64. The van der Waals surface area contributed by atoms with E-state index in [2.05, 4.69) is 5.10 Å². The minimum absolute atomic E-state index is 0.219. The van der Waals surface area contributed by atoms with Gasteiger partial charge in [0.05, 0.1) is 0 Å². The fourth-order valence-corrected chi connectivity index (χ4v) is 0.602. The fourth-order valence-electron chi connectivity index (χ4n) is 0.560. The minimum atomic E-state index is -0.576. The van der Waals surface area contributed by atoms with Crippen molar-refractivity contribution in [3.8, 4) is 0 Å². The van der Waals surface area contributed by atoms with Crippen molar-refractivity contribution >= 4 is 22.7 Å². The molecular formula is C10H13ClN2O2. The summed E-state index contributed by atoms with van der Waals surface area (Å²) in [5.41, 5.74) is 2.00. The summed E-state index contributed by atoms with van der Waals surface area (Å²) in [6.45, 7) is 0.937. The van der Waals surface area contributed by atoms with Crippen molar-refractivity contribution in [2.45, 2.75) is 6.92 Å². The zero-order valence-corrected chi connectivity index (χ0v) is 9.11. The third-order valence-corrected chi connectivity index (χ3v) is 1.23. The Balaban J connectivity index is 0.000000280. The smallest absolute Gasteiger partial charge is 0.265 e. The second kappa shape index (κ2) is 9.18. The van der Waals surface area contributed by atoms with Crippen molar-refractivity contribution in [3.63, 3.8) is 0 Å². The number of benzene rings is 1. The van der Waals surface area contributed by atoms with Crippen LogP contribution in [0.25, 0.3) is 0 Å². The molecule has 82 valence electrons. The van der Waals surface area contributed by atoms with E-state index in [0.717, 1.165) is 0 Å². The largest absolute Gasteiger partial charge is 0.386 e. The maximum absolute atomic E-state index is 10.2. The maximum atomic E-state index is 10.2. The van der Waals surface area contributed by atoms with Gasteiger partial charge < -0.3 is 5.11 Å². The lowest BCUT2D eigenvalue weighted by atomic mass is 10.4. The monoisotopic (exact) mass is 228 g/mol. The Kier molecular flexibility index (Phi) is 8.33. The normalized spacial score (nSPS) is 9.93. The molecule has 0 saturated carbocycles. The fraction of sp³-hybridized carbons (Fsp3) is 0.200. The molecule has 0 unspecified atom stereocenters. The molecule has 2 N–H and O–H groups in total. The summed E-state index contributed by atoms with van der Waals surface area (Å²) < 4.78 is 0. The SMILES string of the molecule is CC(Cl)=NNC(=O)CO.c1ccccc1. The van der Waals surface area contributed by atoms with E-state index in [4.69, 9.17) is 16.7 Å². The van der Waals surface area contributed by atoms with Gasteiger partial charge in [0.2, 0.25) is 0 Å². The number of halogens is 1. The molecule has 0 aliphatic rings. The number of amides is 1. The van der Waals surface area contributed by atoms with Crippen LogP contribution in [0, 0.1) is 0 Å². The highest BCUT2D eigenvalue weighted by molar-refractivity contribution is 6.64. The summed E-state index contributed by atoms with van der Waals surface area (Å²) in [5, 5.41) is 11.7. The van der Waals surface area contributed by atoms with E-state index in [1.807, 2.05) is 41.8 Å². The van der Waals surface area contributed by atoms with Crippen LogP contribution in [0.2, 0.25) is 0 Å². The number of aliphatic hydroxyl groups excluding tert-OH is 1. The zero-order valence-electron chi connectivity index (χ0n) is 8.35. The number of nitrogens with one attached hydrogen (secondary N) is 1. The molecule has 15 heavy (non-hydrogen) atoms. The van der Waals surface area contributed by atoms with Crippen LogP contribution in [-0.2, 0) is 4.79 Å². The number of carbonyl (C=O) groups excluding carboxylic acids is 1. The van der Waals surface area contributed by atoms with Gasteiger partial charge in [-0.25, -0.2) is 5.43 Å². The molecule has 1 amide bonds. The first-order valence-electron chi connectivity index (χ1n) is 4.26.